The molecule has 1 aromatic carbocycles. The van der Waals surface area contributed by atoms with Gasteiger partial charge in [-0.05, 0) is 24.6 Å². The average Bonchev–Trinajstić information content (AvgIpc) is 2.52. The second kappa shape index (κ2) is 7.57. The fraction of sp³-hybridized carbons (Fsp3) is 0.533. The lowest BCUT2D eigenvalue weighted by atomic mass is 10.2. The van der Waals surface area contributed by atoms with Crippen LogP contribution in [0.15, 0.2) is 33.6 Å². The van der Waals surface area contributed by atoms with E-state index < -0.39 is 10.0 Å². The first-order valence-electron chi connectivity index (χ1n) is 7.48. The number of carbonyl (C=O) groups is 1. The van der Waals surface area contributed by atoms with Crippen molar-refractivity contribution >= 4 is 31.9 Å². The summed E-state index contributed by atoms with van der Waals surface area (Å²) in [7, 11) is -3.49. The highest BCUT2D eigenvalue weighted by Gasteiger charge is 2.29. The van der Waals surface area contributed by atoms with Crippen molar-refractivity contribution in [1.82, 2.24) is 9.21 Å². The van der Waals surface area contributed by atoms with Gasteiger partial charge in [-0.3, -0.25) is 4.79 Å². The van der Waals surface area contributed by atoms with Gasteiger partial charge in [-0.2, -0.15) is 4.31 Å². The zero-order valence-corrected chi connectivity index (χ0v) is 15.1. The Morgan fingerprint density at radius 2 is 1.91 bits per heavy atom. The van der Waals surface area contributed by atoms with Crippen molar-refractivity contribution in [2.45, 2.75) is 31.1 Å². The maximum Gasteiger partial charge on any atom is 0.243 e. The van der Waals surface area contributed by atoms with E-state index in [4.69, 9.17) is 0 Å². The second-order valence-corrected chi connectivity index (χ2v) is 8.20. The van der Waals surface area contributed by atoms with Crippen LogP contribution in [0.4, 0.5) is 0 Å². The summed E-state index contributed by atoms with van der Waals surface area (Å²) in [5.74, 6) is 0.126. The molecule has 0 unspecified atom stereocenters. The number of amides is 1. The van der Waals surface area contributed by atoms with Crippen LogP contribution in [0.2, 0.25) is 0 Å². The summed E-state index contributed by atoms with van der Waals surface area (Å²) < 4.78 is 27.4. The number of hydrogen-bond acceptors (Lipinski definition) is 3. The summed E-state index contributed by atoms with van der Waals surface area (Å²) in [6.45, 7) is 3.70. The van der Waals surface area contributed by atoms with Crippen molar-refractivity contribution in [2.75, 3.05) is 26.2 Å². The van der Waals surface area contributed by atoms with Gasteiger partial charge in [-0.1, -0.05) is 35.3 Å². The Balaban J connectivity index is 2.00. The topological polar surface area (TPSA) is 57.7 Å². The lowest BCUT2D eigenvalue weighted by Gasteiger charge is -2.34. The van der Waals surface area contributed by atoms with Gasteiger partial charge in [0, 0.05) is 37.1 Å². The first-order chi connectivity index (χ1) is 10.4. The lowest BCUT2D eigenvalue weighted by Crippen LogP contribution is -2.50. The van der Waals surface area contributed by atoms with Gasteiger partial charge in [0.2, 0.25) is 15.9 Å². The second-order valence-electron chi connectivity index (χ2n) is 5.35. The Bertz CT molecular complexity index is 625. The van der Waals surface area contributed by atoms with Gasteiger partial charge in [0.15, 0.2) is 0 Å². The fourth-order valence-electron chi connectivity index (χ4n) is 2.44. The molecule has 0 N–H and O–H groups in total. The first kappa shape index (κ1) is 17.4. The molecule has 22 heavy (non-hydrogen) atoms. The van der Waals surface area contributed by atoms with Crippen LogP contribution in [0.1, 0.15) is 26.2 Å². The van der Waals surface area contributed by atoms with Crippen LogP contribution in [-0.2, 0) is 14.8 Å². The van der Waals surface area contributed by atoms with Gasteiger partial charge in [-0.15, -0.1) is 0 Å². The van der Waals surface area contributed by atoms with Gasteiger partial charge in [0.1, 0.15) is 0 Å². The number of hydrogen-bond donors (Lipinski definition) is 0. The van der Waals surface area contributed by atoms with Crippen LogP contribution < -0.4 is 0 Å². The van der Waals surface area contributed by atoms with Crippen LogP contribution in [0.25, 0.3) is 0 Å². The molecule has 0 spiro atoms. The molecule has 5 nitrogen and oxygen atoms in total. The van der Waals surface area contributed by atoms with Crippen LogP contribution >= 0.6 is 15.9 Å². The summed E-state index contributed by atoms with van der Waals surface area (Å²) in [5, 5.41) is 0. The van der Waals surface area contributed by atoms with E-state index in [1.165, 1.54) is 4.31 Å². The normalized spacial score (nSPS) is 16.7. The molecule has 1 amide bonds. The Morgan fingerprint density at radius 1 is 1.23 bits per heavy atom. The van der Waals surface area contributed by atoms with Crippen molar-refractivity contribution in [3.8, 4) is 0 Å². The Hall–Kier alpha value is -0.920. The molecular weight excluding hydrogens is 368 g/mol. The first-order valence-corrected chi connectivity index (χ1v) is 9.72. The quantitative estimate of drug-likeness (QED) is 0.778. The molecule has 1 aromatic rings. The minimum Gasteiger partial charge on any atom is -0.340 e. The Kier molecular flexibility index (Phi) is 6.00. The Morgan fingerprint density at radius 3 is 2.50 bits per heavy atom. The number of carbonyl (C=O) groups excluding carboxylic acids is 1. The van der Waals surface area contributed by atoms with E-state index >= 15 is 0 Å². The van der Waals surface area contributed by atoms with Crippen LogP contribution in [0.5, 0.6) is 0 Å². The van der Waals surface area contributed by atoms with E-state index in [1.54, 1.807) is 29.2 Å². The SMILES string of the molecule is CCCCC(=O)N1CCN(S(=O)(=O)c2cccc(Br)c2)CC1. The molecule has 1 fully saturated rings. The smallest absolute Gasteiger partial charge is 0.243 e. The average molecular weight is 389 g/mol. The van der Waals surface area contributed by atoms with Crippen molar-refractivity contribution in [1.29, 1.82) is 0 Å². The fourth-order valence-corrected chi connectivity index (χ4v) is 4.46. The third-order valence-electron chi connectivity index (χ3n) is 3.77. The van der Waals surface area contributed by atoms with E-state index in [9.17, 15) is 13.2 Å². The highest BCUT2D eigenvalue weighted by atomic mass is 79.9. The number of nitrogens with zero attached hydrogens (tertiary/aromatic N) is 2. The summed E-state index contributed by atoms with van der Waals surface area (Å²) in [6, 6.07) is 6.71. The van der Waals surface area contributed by atoms with E-state index in [0.29, 0.717) is 32.6 Å². The molecule has 1 heterocycles. The molecule has 2 rings (SSSR count). The molecular formula is C15H21BrN2O3S. The monoisotopic (exact) mass is 388 g/mol. The Labute approximate surface area is 140 Å². The molecule has 0 radical (unpaired) electrons. The number of rotatable bonds is 5. The van der Waals surface area contributed by atoms with Crippen LogP contribution in [-0.4, -0.2) is 49.7 Å². The third kappa shape index (κ3) is 4.08. The minimum atomic E-state index is -3.49. The number of halogens is 1. The molecule has 1 aliphatic heterocycles. The predicted molar refractivity (Wildman–Crippen MR) is 89.0 cm³/mol. The van der Waals surface area contributed by atoms with Crippen molar-refractivity contribution < 1.29 is 13.2 Å². The number of benzene rings is 1. The minimum absolute atomic E-state index is 0.126. The molecule has 0 atom stereocenters. The molecule has 0 aromatic heterocycles. The zero-order chi connectivity index (χ0) is 16.2. The van der Waals surface area contributed by atoms with Crippen molar-refractivity contribution in [3.05, 3.63) is 28.7 Å². The standard InChI is InChI=1S/C15H21BrN2O3S/c1-2-3-7-15(19)17-8-10-18(11-9-17)22(20,21)14-6-4-5-13(16)12-14/h4-6,12H,2-3,7-11H2,1H3. The number of piperazine rings is 1. The van der Waals surface area contributed by atoms with Gasteiger partial charge in [-0.25, -0.2) is 8.42 Å². The third-order valence-corrected chi connectivity index (χ3v) is 6.16. The predicted octanol–water partition coefficient (Wildman–Crippen LogP) is 2.47. The largest absolute Gasteiger partial charge is 0.340 e. The van der Waals surface area contributed by atoms with Crippen LogP contribution in [0, 0.1) is 0 Å². The molecule has 0 saturated carbocycles. The van der Waals surface area contributed by atoms with E-state index in [0.717, 1.165) is 17.3 Å². The summed E-state index contributed by atoms with van der Waals surface area (Å²) in [6.07, 6.45) is 2.42. The van der Waals surface area contributed by atoms with Crippen molar-refractivity contribution in [2.24, 2.45) is 0 Å². The highest BCUT2D eigenvalue weighted by molar-refractivity contribution is 9.10. The highest BCUT2D eigenvalue weighted by Crippen LogP contribution is 2.21. The van der Waals surface area contributed by atoms with Crippen LogP contribution in [0.3, 0.4) is 0 Å². The maximum atomic E-state index is 12.6. The molecule has 7 heteroatoms. The van der Waals surface area contributed by atoms with Crippen molar-refractivity contribution in [3.63, 3.8) is 0 Å². The zero-order valence-electron chi connectivity index (χ0n) is 12.7. The van der Waals surface area contributed by atoms with Gasteiger partial charge in [0.25, 0.3) is 0 Å². The summed E-state index contributed by atoms with van der Waals surface area (Å²) in [5.41, 5.74) is 0. The maximum absolute atomic E-state index is 12.6. The molecule has 1 saturated heterocycles. The van der Waals surface area contributed by atoms with Gasteiger partial charge >= 0.3 is 0 Å². The summed E-state index contributed by atoms with van der Waals surface area (Å²) >= 11 is 3.30. The summed E-state index contributed by atoms with van der Waals surface area (Å²) in [4.78, 5) is 14.0. The number of unbranched alkanes of at least 4 members (excludes halogenated alkanes) is 1. The molecule has 1 aliphatic rings. The lowest BCUT2D eigenvalue weighted by molar-refractivity contribution is -0.132. The number of sulfonamides is 1. The van der Waals surface area contributed by atoms with E-state index in [2.05, 4.69) is 22.9 Å². The molecule has 122 valence electrons. The van der Waals surface area contributed by atoms with Gasteiger partial charge in [0.05, 0.1) is 4.90 Å². The van der Waals surface area contributed by atoms with E-state index in [1.807, 2.05) is 0 Å². The molecule has 0 aliphatic carbocycles. The molecule has 0 bridgehead atoms. The van der Waals surface area contributed by atoms with Gasteiger partial charge < -0.3 is 4.90 Å². The van der Waals surface area contributed by atoms with E-state index in [-0.39, 0.29) is 10.8 Å².